The molecule has 0 saturated heterocycles. The van der Waals surface area contributed by atoms with E-state index in [9.17, 15) is 0 Å². The highest BCUT2D eigenvalue weighted by Gasteiger charge is 1.99. The molecule has 15 heavy (non-hydrogen) atoms. The maximum atomic E-state index is 5.74. The summed E-state index contributed by atoms with van der Waals surface area (Å²) in [6.45, 7) is 0. The second-order valence-electron chi connectivity index (χ2n) is 2.95. The lowest BCUT2D eigenvalue weighted by molar-refractivity contribution is 1.23. The Kier molecular flexibility index (Phi) is 2.75. The number of nitrogens with zero attached hydrogens (tertiary/aromatic N) is 2. The van der Waals surface area contributed by atoms with E-state index in [0.29, 0.717) is 11.6 Å². The molecule has 1 aromatic heterocycles. The summed E-state index contributed by atoms with van der Waals surface area (Å²) in [5.41, 5.74) is 7.47. The van der Waals surface area contributed by atoms with E-state index in [1.807, 2.05) is 18.2 Å². The van der Waals surface area contributed by atoms with Crippen molar-refractivity contribution in [3.63, 3.8) is 0 Å². The molecular formula is C11H9N3S. The first-order valence-electron chi connectivity index (χ1n) is 4.41. The molecule has 2 aromatic rings. The minimum absolute atomic E-state index is 0.481. The second kappa shape index (κ2) is 4.20. The van der Waals surface area contributed by atoms with Crippen molar-refractivity contribution in [1.29, 1.82) is 0 Å². The number of anilines is 1. The molecule has 1 heterocycles. The van der Waals surface area contributed by atoms with Gasteiger partial charge in [-0.3, -0.25) is 0 Å². The number of aromatic nitrogens is 2. The number of fused-ring (bicyclic) bond motifs is 1. The van der Waals surface area contributed by atoms with Crippen LogP contribution in [0.1, 0.15) is 5.56 Å². The monoisotopic (exact) mass is 215 g/mol. The van der Waals surface area contributed by atoms with Gasteiger partial charge < -0.3 is 5.73 Å². The van der Waals surface area contributed by atoms with Crippen molar-refractivity contribution in [1.82, 2.24) is 9.97 Å². The Bertz CT molecular complexity index is 554. The lowest BCUT2D eigenvalue weighted by Crippen LogP contribution is -1.93. The van der Waals surface area contributed by atoms with Gasteiger partial charge in [-0.1, -0.05) is 11.8 Å². The van der Waals surface area contributed by atoms with E-state index in [4.69, 9.17) is 5.73 Å². The molecule has 2 rings (SSSR count). The molecule has 0 atom stereocenters. The fourth-order valence-corrected chi connectivity index (χ4v) is 1.37. The van der Waals surface area contributed by atoms with Gasteiger partial charge in [-0.15, -0.1) is 0 Å². The van der Waals surface area contributed by atoms with Gasteiger partial charge in [0.15, 0.2) is 0 Å². The van der Waals surface area contributed by atoms with Crippen LogP contribution in [0.15, 0.2) is 24.5 Å². The molecule has 0 bridgehead atoms. The highest BCUT2D eigenvalue weighted by molar-refractivity contribution is 7.80. The van der Waals surface area contributed by atoms with Crippen LogP contribution in [0, 0.1) is 11.8 Å². The first-order chi connectivity index (χ1) is 7.31. The van der Waals surface area contributed by atoms with Crippen LogP contribution in [-0.4, -0.2) is 15.7 Å². The molecule has 0 aliphatic heterocycles. The first kappa shape index (κ1) is 9.81. The van der Waals surface area contributed by atoms with Crippen molar-refractivity contribution in [2.45, 2.75) is 0 Å². The number of benzene rings is 1. The Hall–Kier alpha value is -1.73. The molecule has 0 radical (unpaired) electrons. The molecule has 0 aliphatic carbocycles. The zero-order chi connectivity index (χ0) is 10.7. The summed E-state index contributed by atoms with van der Waals surface area (Å²) in [6, 6.07) is 5.68. The van der Waals surface area contributed by atoms with Crippen molar-refractivity contribution in [2.24, 2.45) is 0 Å². The van der Waals surface area contributed by atoms with Crippen LogP contribution in [0.3, 0.4) is 0 Å². The molecule has 2 N–H and O–H groups in total. The summed E-state index contributed by atoms with van der Waals surface area (Å²) in [5, 5.41) is 0.837. The van der Waals surface area contributed by atoms with Crippen LogP contribution in [0.4, 0.5) is 5.82 Å². The van der Waals surface area contributed by atoms with Gasteiger partial charge in [0.05, 0.1) is 11.3 Å². The average molecular weight is 215 g/mol. The molecule has 0 aliphatic rings. The summed E-state index contributed by atoms with van der Waals surface area (Å²) in [4.78, 5) is 8.04. The third-order valence-corrected chi connectivity index (χ3v) is 2.14. The van der Waals surface area contributed by atoms with Gasteiger partial charge in [0.25, 0.3) is 0 Å². The van der Waals surface area contributed by atoms with Crippen molar-refractivity contribution in [3.8, 4) is 11.8 Å². The third kappa shape index (κ3) is 2.03. The number of hydrogen-bond donors (Lipinski definition) is 2. The summed E-state index contributed by atoms with van der Waals surface area (Å²) in [6.07, 6.45) is 1.46. The molecule has 0 amide bonds. The standard InChI is InChI=1S/C11H9N3S/c12-11-9-6-8(2-1-5-15)3-4-10(9)13-7-14-11/h3-4,6-7,15H,5H2,(H2,12,13,14). The lowest BCUT2D eigenvalue weighted by atomic mass is 10.1. The Balaban J connectivity index is 2.59. The number of thiol groups is 1. The number of hydrogen-bond acceptors (Lipinski definition) is 4. The first-order valence-corrected chi connectivity index (χ1v) is 5.04. The van der Waals surface area contributed by atoms with Crippen LogP contribution < -0.4 is 5.73 Å². The highest BCUT2D eigenvalue weighted by Crippen LogP contribution is 2.17. The van der Waals surface area contributed by atoms with E-state index >= 15 is 0 Å². The molecule has 0 saturated carbocycles. The zero-order valence-electron chi connectivity index (χ0n) is 7.94. The SMILES string of the molecule is Nc1ncnc2ccc(C#CCS)cc12. The van der Waals surface area contributed by atoms with Crippen LogP contribution in [-0.2, 0) is 0 Å². The zero-order valence-corrected chi connectivity index (χ0v) is 8.83. The molecule has 74 valence electrons. The van der Waals surface area contributed by atoms with E-state index in [2.05, 4.69) is 34.4 Å². The second-order valence-corrected chi connectivity index (χ2v) is 3.27. The van der Waals surface area contributed by atoms with Gasteiger partial charge in [0.1, 0.15) is 12.1 Å². The van der Waals surface area contributed by atoms with Crippen LogP contribution in [0.2, 0.25) is 0 Å². The minimum Gasteiger partial charge on any atom is -0.383 e. The van der Waals surface area contributed by atoms with Crippen molar-refractivity contribution in [2.75, 3.05) is 11.5 Å². The van der Waals surface area contributed by atoms with Gasteiger partial charge in [-0.25, -0.2) is 9.97 Å². The molecule has 0 spiro atoms. The van der Waals surface area contributed by atoms with Gasteiger partial charge in [-0.2, -0.15) is 12.6 Å². The highest BCUT2D eigenvalue weighted by atomic mass is 32.1. The Labute approximate surface area is 93.1 Å². The lowest BCUT2D eigenvalue weighted by Gasteiger charge is -1.99. The smallest absolute Gasteiger partial charge is 0.134 e. The van der Waals surface area contributed by atoms with Crippen molar-refractivity contribution in [3.05, 3.63) is 30.1 Å². The Morgan fingerprint density at radius 2 is 2.20 bits per heavy atom. The third-order valence-electron chi connectivity index (χ3n) is 1.98. The van der Waals surface area contributed by atoms with Crippen LogP contribution in [0.5, 0.6) is 0 Å². The summed E-state index contributed by atoms with van der Waals surface area (Å²) in [5.74, 6) is 6.88. The molecule has 0 unspecified atom stereocenters. The van der Waals surface area contributed by atoms with Crippen LogP contribution in [0.25, 0.3) is 10.9 Å². The Morgan fingerprint density at radius 3 is 3.00 bits per heavy atom. The van der Waals surface area contributed by atoms with Gasteiger partial charge in [-0.05, 0) is 18.2 Å². The Morgan fingerprint density at radius 1 is 1.33 bits per heavy atom. The minimum atomic E-state index is 0.481. The predicted octanol–water partition coefficient (Wildman–Crippen LogP) is 1.49. The number of rotatable bonds is 0. The fourth-order valence-electron chi connectivity index (χ4n) is 1.30. The van der Waals surface area contributed by atoms with Crippen LogP contribution >= 0.6 is 12.6 Å². The fraction of sp³-hybridized carbons (Fsp3) is 0.0909. The maximum absolute atomic E-state index is 5.74. The van der Waals surface area contributed by atoms with E-state index in [-0.39, 0.29) is 0 Å². The average Bonchev–Trinajstić information content (AvgIpc) is 2.27. The summed E-state index contributed by atoms with van der Waals surface area (Å²) >= 11 is 4.02. The predicted molar refractivity (Wildman–Crippen MR) is 64.7 cm³/mol. The normalized spacial score (nSPS) is 9.67. The van der Waals surface area contributed by atoms with E-state index in [0.717, 1.165) is 16.5 Å². The quantitative estimate of drug-likeness (QED) is 0.517. The van der Waals surface area contributed by atoms with E-state index < -0.39 is 0 Å². The largest absolute Gasteiger partial charge is 0.383 e. The molecule has 0 fully saturated rings. The van der Waals surface area contributed by atoms with Crippen molar-refractivity contribution >= 4 is 29.3 Å². The van der Waals surface area contributed by atoms with Gasteiger partial charge >= 0.3 is 0 Å². The molecule has 4 heteroatoms. The number of nitrogens with two attached hydrogens (primary N) is 1. The van der Waals surface area contributed by atoms with Crippen molar-refractivity contribution < 1.29 is 0 Å². The maximum Gasteiger partial charge on any atom is 0.134 e. The summed E-state index contributed by atoms with van der Waals surface area (Å²) < 4.78 is 0. The number of nitrogen functional groups attached to an aromatic ring is 1. The molecule has 3 nitrogen and oxygen atoms in total. The summed E-state index contributed by atoms with van der Waals surface area (Å²) in [7, 11) is 0. The van der Waals surface area contributed by atoms with E-state index in [1.54, 1.807) is 0 Å². The molecule has 1 aromatic carbocycles. The van der Waals surface area contributed by atoms with E-state index in [1.165, 1.54) is 6.33 Å². The van der Waals surface area contributed by atoms with Gasteiger partial charge in [0.2, 0.25) is 0 Å². The molecular weight excluding hydrogens is 206 g/mol. The topological polar surface area (TPSA) is 51.8 Å². The van der Waals surface area contributed by atoms with Gasteiger partial charge in [0, 0.05) is 10.9 Å².